The number of guanidine groups is 1. The Bertz CT molecular complexity index is 870. The first-order valence-corrected chi connectivity index (χ1v) is 10.3. The lowest BCUT2D eigenvalue weighted by atomic mass is 10.1. The molecule has 0 unspecified atom stereocenters. The summed E-state index contributed by atoms with van der Waals surface area (Å²) >= 11 is 0. The van der Waals surface area contributed by atoms with Crippen LogP contribution >= 0.6 is 24.0 Å². The van der Waals surface area contributed by atoms with E-state index in [-0.39, 0.29) is 35.7 Å². The molecule has 31 heavy (non-hydrogen) atoms. The summed E-state index contributed by atoms with van der Waals surface area (Å²) in [7, 11) is 1.68. The molecule has 1 saturated heterocycles. The number of carbonyl (C=O) groups excluding carboxylic acids is 1. The van der Waals surface area contributed by atoms with Gasteiger partial charge in [-0.05, 0) is 36.2 Å². The molecule has 1 aliphatic rings. The Morgan fingerprint density at radius 1 is 1.06 bits per heavy atom. The highest BCUT2D eigenvalue weighted by atomic mass is 127. The molecule has 0 saturated carbocycles. The minimum atomic E-state index is -0.213. The molecule has 0 atom stereocenters. The number of piperazine rings is 1. The fourth-order valence-electron chi connectivity index (χ4n) is 3.45. The summed E-state index contributed by atoms with van der Waals surface area (Å²) in [6.45, 7) is 5.87. The molecule has 6 nitrogen and oxygen atoms in total. The number of amides is 1. The molecule has 0 radical (unpaired) electrons. The van der Waals surface area contributed by atoms with Crippen LogP contribution in [0.2, 0.25) is 0 Å². The predicted octanol–water partition coefficient (Wildman–Crippen LogP) is 3.16. The van der Waals surface area contributed by atoms with Crippen LogP contribution in [0.3, 0.4) is 0 Å². The maximum atomic E-state index is 13.7. The predicted molar refractivity (Wildman–Crippen MR) is 135 cm³/mol. The fourth-order valence-corrected chi connectivity index (χ4v) is 3.45. The number of aryl methyl sites for hydroxylation is 1. The van der Waals surface area contributed by atoms with Crippen LogP contribution in [-0.4, -0.2) is 56.5 Å². The van der Waals surface area contributed by atoms with Crippen molar-refractivity contribution in [1.29, 1.82) is 0 Å². The Balaban J connectivity index is 0.00000341. The van der Waals surface area contributed by atoms with Crippen molar-refractivity contribution < 1.29 is 9.18 Å². The second kappa shape index (κ2) is 12.5. The zero-order valence-corrected chi connectivity index (χ0v) is 20.4. The first kappa shape index (κ1) is 24.9. The minimum absolute atomic E-state index is 0. The van der Waals surface area contributed by atoms with Gasteiger partial charge in [-0.3, -0.25) is 9.79 Å². The third-order valence-corrected chi connectivity index (χ3v) is 5.30. The van der Waals surface area contributed by atoms with Gasteiger partial charge >= 0.3 is 0 Å². The normalized spacial score (nSPS) is 14.1. The molecule has 2 N–H and O–H groups in total. The third kappa shape index (κ3) is 7.37. The highest BCUT2D eigenvalue weighted by molar-refractivity contribution is 14.0. The Hall–Kier alpha value is -2.36. The SMILES string of the molecule is CN=C(NCCC(=O)N1CCN(c2ccccc2)CC1)NCc1ccc(C)c(F)c1.I. The number of carbonyl (C=O) groups is 1. The van der Waals surface area contributed by atoms with Crippen molar-refractivity contribution in [2.24, 2.45) is 4.99 Å². The van der Waals surface area contributed by atoms with Crippen molar-refractivity contribution in [1.82, 2.24) is 15.5 Å². The summed E-state index contributed by atoms with van der Waals surface area (Å²) in [4.78, 5) is 20.9. The molecule has 3 rings (SSSR count). The van der Waals surface area contributed by atoms with E-state index in [4.69, 9.17) is 0 Å². The molecule has 8 heteroatoms. The monoisotopic (exact) mass is 539 g/mol. The molecule has 1 fully saturated rings. The van der Waals surface area contributed by atoms with Crippen LogP contribution < -0.4 is 15.5 Å². The summed E-state index contributed by atoms with van der Waals surface area (Å²) in [6.07, 6.45) is 0.408. The van der Waals surface area contributed by atoms with Crippen LogP contribution in [0.1, 0.15) is 17.5 Å². The van der Waals surface area contributed by atoms with E-state index in [9.17, 15) is 9.18 Å². The minimum Gasteiger partial charge on any atom is -0.368 e. The van der Waals surface area contributed by atoms with E-state index in [1.165, 1.54) is 11.8 Å². The number of nitrogens with zero attached hydrogens (tertiary/aromatic N) is 3. The van der Waals surface area contributed by atoms with E-state index < -0.39 is 0 Å². The van der Waals surface area contributed by atoms with E-state index in [0.717, 1.165) is 31.7 Å². The molecular formula is C23H31FIN5O. The van der Waals surface area contributed by atoms with Crippen molar-refractivity contribution in [3.63, 3.8) is 0 Å². The molecule has 0 spiro atoms. The molecule has 168 valence electrons. The molecule has 1 amide bonds. The zero-order chi connectivity index (χ0) is 21.3. The summed E-state index contributed by atoms with van der Waals surface area (Å²) in [5, 5.41) is 6.31. The molecule has 1 aliphatic heterocycles. The van der Waals surface area contributed by atoms with Gasteiger partial charge in [0.2, 0.25) is 5.91 Å². The number of halogens is 2. The van der Waals surface area contributed by atoms with Crippen molar-refractivity contribution >= 4 is 41.5 Å². The van der Waals surface area contributed by atoms with E-state index in [1.807, 2.05) is 29.2 Å². The quantitative estimate of drug-likeness (QED) is 0.337. The second-order valence-corrected chi connectivity index (χ2v) is 7.39. The maximum Gasteiger partial charge on any atom is 0.224 e. The molecule has 0 aromatic heterocycles. The van der Waals surface area contributed by atoms with Gasteiger partial charge in [0, 0.05) is 58.4 Å². The van der Waals surface area contributed by atoms with Gasteiger partial charge in [0.25, 0.3) is 0 Å². The Morgan fingerprint density at radius 2 is 1.77 bits per heavy atom. The smallest absolute Gasteiger partial charge is 0.224 e. The lowest BCUT2D eigenvalue weighted by molar-refractivity contribution is -0.131. The van der Waals surface area contributed by atoms with Gasteiger partial charge in [0.15, 0.2) is 5.96 Å². The van der Waals surface area contributed by atoms with Crippen LogP contribution in [-0.2, 0) is 11.3 Å². The number of rotatable bonds is 6. The first-order chi connectivity index (χ1) is 14.6. The highest BCUT2D eigenvalue weighted by Crippen LogP contribution is 2.15. The molecule has 2 aromatic carbocycles. The average Bonchev–Trinajstić information content (AvgIpc) is 2.79. The van der Waals surface area contributed by atoms with Crippen molar-refractivity contribution in [3.05, 3.63) is 65.5 Å². The van der Waals surface area contributed by atoms with Crippen molar-refractivity contribution in [2.45, 2.75) is 19.9 Å². The number of nitrogens with one attached hydrogen (secondary N) is 2. The summed E-state index contributed by atoms with van der Waals surface area (Å²) in [6, 6.07) is 15.5. The zero-order valence-electron chi connectivity index (χ0n) is 18.1. The summed E-state index contributed by atoms with van der Waals surface area (Å²) in [5.41, 5.74) is 2.67. The Labute approximate surface area is 200 Å². The van der Waals surface area contributed by atoms with Crippen LogP contribution in [0.25, 0.3) is 0 Å². The van der Waals surface area contributed by atoms with Gasteiger partial charge in [-0.25, -0.2) is 4.39 Å². The van der Waals surface area contributed by atoms with Gasteiger partial charge in [0.05, 0.1) is 0 Å². The first-order valence-electron chi connectivity index (χ1n) is 10.3. The number of hydrogen-bond acceptors (Lipinski definition) is 3. The van der Waals surface area contributed by atoms with E-state index in [0.29, 0.717) is 31.0 Å². The lowest BCUT2D eigenvalue weighted by Gasteiger charge is -2.36. The number of para-hydroxylation sites is 1. The number of benzene rings is 2. The van der Waals surface area contributed by atoms with Gasteiger partial charge in [0.1, 0.15) is 5.82 Å². The largest absolute Gasteiger partial charge is 0.368 e. The molecule has 1 heterocycles. The average molecular weight is 539 g/mol. The third-order valence-electron chi connectivity index (χ3n) is 5.30. The molecule has 0 aliphatic carbocycles. The molecule has 2 aromatic rings. The van der Waals surface area contributed by atoms with Crippen LogP contribution in [0.5, 0.6) is 0 Å². The Kier molecular flexibility index (Phi) is 10.0. The highest BCUT2D eigenvalue weighted by Gasteiger charge is 2.20. The van der Waals surface area contributed by atoms with Crippen LogP contribution in [0.15, 0.2) is 53.5 Å². The lowest BCUT2D eigenvalue weighted by Crippen LogP contribution is -2.49. The van der Waals surface area contributed by atoms with Gasteiger partial charge in [-0.15, -0.1) is 24.0 Å². The molecular weight excluding hydrogens is 508 g/mol. The fraction of sp³-hybridized carbons (Fsp3) is 0.391. The number of anilines is 1. The number of hydrogen-bond donors (Lipinski definition) is 2. The van der Waals surface area contributed by atoms with Crippen molar-refractivity contribution in [2.75, 3.05) is 44.7 Å². The summed E-state index contributed by atoms with van der Waals surface area (Å²) < 4.78 is 13.7. The topological polar surface area (TPSA) is 60.0 Å². The van der Waals surface area contributed by atoms with Crippen molar-refractivity contribution in [3.8, 4) is 0 Å². The Morgan fingerprint density at radius 3 is 2.42 bits per heavy atom. The second-order valence-electron chi connectivity index (χ2n) is 7.39. The molecule has 0 bridgehead atoms. The summed E-state index contributed by atoms with van der Waals surface area (Å²) in [5.74, 6) is 0.527. The standard InChI is InChI=1S/C23H30FN5O.HI/c1-18-8-9-19(16-21(18)24)17-27-23(25-2)26-11-10-22(30)29-14-12-28(13-15-29)20-6-4-3-5-7-20;/h3-9,16H,10-15,17H2,1-2H3,(H2,25,26,27);1H. The van der Waals surface area contributed by atoms with Crippen LogP contribution in [0.4, 0.5) is 10.1 Å². The van der Waals surface area contributed by atoms with Gasteiger partial charge in [-0.1, -0.05) is 30.3 Å². The van der Waals surface area contributed by atoms with E-state index in [1.54, 1.807) is 20.0 Å². The van der Waals surface area contributed by atoms with Crippen LogP contribution in [0, 0.1) is 12.7 Å². The van der Waals surface area contributed by atoms with E-state index >= 15 is 0 Å². The van der Waals surface area contributed by atoms with Gasteiger partial charge < -0.3 is 20.4 Å². The number of aliphatic imine (C=N–C) groups is 1. The van der Waals surface area contributed by atoms with E-state index in [2.05, 4.69) is 32.7 Å². The van der Waals surface area contributed by atoms with Gasteiger partial charge in [-0.2, -0.15) is 0 Å². The maximum absolute atomic E-state index is 13.7.